The Labute approximate surface area is 171 Å². The van der Waals surface area contributed by atoms with E-state index in [0.717, 1.165) is 25.7 Å². The molecule has 164 valence electrons. The van der Waals surface area contributed by atoms with Crippen LogP contribution in [0.1, 0.15) is 91.9 Å². The van der Waals surface area contributed by atoms with Gasteiger partial charge < -0.3 is 24.4 Å². The van der Waals surface area contributed by atoms with Gasteiger partial charge >= 0.3 is 0 Å². The van der Waals surface area contributed by atoms with E-state index in [-0.39, 0.29) is 24.0 Å². The summed E-state index contributed by atoms with van der Waals surface area (Å²) in [6, 6.07) is 0. The molecule has 0 aromatic rings. The fraction of sp³-hybridized carbons (Fsp3) is 1.00. The van der Waals surface area contributed by atoms with Gasteiger partial charge in [0, 0.05) is 24.9 Å². The van der Waals surface area contributed by atoms with Crippen molar-refractivity contribution in [2.24, 2.45) is 23.7 Å². The zero-order valence-electron chi connectivity index (χ0n) is 18.4. The lowest BCUT2D eigenvalue weighted by atomic mass is 9.58. The van der Waals surface area contributed by atoms with E-state index in [1.165, 1.54) is 32.1 Å². The standard InChI is InChI=1S/C23H42O5/c1-5-6-7-8-9-10-15-26-20-17(3)19-12-11-16(2)18-13-14-22(4,24)28-21(27-20)23(18,19)25/h16-21,24-25H,5-15H2,1-4H3. The quantitative estimate of drug-likeness (QED) is 0.585. The molecule has 3 fully saturated rings. The van der Waals surface area contributed by atoms with E-state index in [1.54, 1.807) is 6.92 Å². The Balaban J connectivity index is 1.64. The van der Waals surface area contributed by atoms with Crippen molar-refractivity contribution in [3.63, 3.8) is 0 Å². The van der Waals surface area contributed by atoms with Crippen LogP contribution in [0, 0.1) is 23.7 Å². The van der Waals surface area contributed by atoms with Crippen molar-refractivity contribution in [1.29, 1.82) is 0 Å². The average Bonchev–Trinajstić information content (AvgIpc) is 2.73. The molecule has 2 heterocycles. The first kappa shape index (κ1) is 22.5. The van der Waals surface area contributed by atoms with Crippen LogP contribution in [-0.2, 0) is 14.2 Å². The number of hydrogen-bond acceptors (Lipinski definition) is 5. The third kappa shape index (κ3) is 4.59. The molecule has 2 saturated heterocycles. The minimum absolute atomic E-state index is 0.0795. The highest BCUT2D eigenvalue weighted by atomic mass is 16.8. The van der Waals surface area contributed by atoms with Crippen molar-refractivity contribution < 1.29 is 24.4 Å². The van der Waals surface area contributed by atoms with Gasteiger partial charge in [0.1, 0.15) is 5.60 Å². The highest BCUT2D eigenvalue weighted by Gasteiger charge is 2.63. The average molecular weight is 399 g/mol. The van der Waals surface area contributed by atoms with Gasteiger partial charge in [-0.1, -0.05) is 52.9 Å². The number of rotatable bonds is 8. The van der Waals surface area contributed by atoms with Gasteiger partial charge in [-0.2, -0.15) is 0 Å². The zero-order valence-corrected chi connectivity index (χ0v) is 18.4. The Morgan fingerprint density at radius 3 is 2.43 bits per heavy atom. The van der Waals surface area contributed by atoms with Gasteiger partial charge in [-0.3, -0.25) is 0 Å². The van der Waals surface area contributed by atoms with Gasteiger partial charge in [-0.15, -0.1) is 0 Å². The molecule has 1 aliphatic carbocycles. The van der Waals surface area contributed by atoms with Crippen LogP contribution in [0.4, 0.5) is 0 Å². The maximum atomic E-state index is 11.8. The summed E-state index contributed by atoms with van der Waals surface area (Å²) in [7, 11) is 0. The molecule has 8 unspecified atom stereocenters. The molecule has 5 nitrogen and oxygen atoms in total. The summed E-state index contributed by atoms with van der Waals surface area (Å²) < 4.78 is 18.3. The molecule has 3 aliphatic rings. The summed E-state index contributed by atoms with van der Waals surface area (Å²) in [5.41, 5.74) is -1.04. The van der Waals surface area contributed by atoms with Crippen molar-refractivity contribution >= 4 is 0 Å². The maximum Gasteiger partial charge on any atom is 0.193 e. The summed E-state index contributed by atoms with van der Waals surface area (Å²) in [5.74, 6) is -0.587. The molecule has 0 amide bonds. The molecule has 5 heteroatoms. The molecule has 2 N–H and O–H groups in total. The third-order valence-corrected chi connectivity index (χ3v) is 7.57. The zero-order chi connectivity index (χ0) is 20.4. The number of hydrogen-bond donors (Lipinski definition) is 2. The molecular formula is C23H42O5. The van der Waals surface area contributed by atoms with E-state index in [4.69, 9.17) is 14.2 Å². The molecular weight excluding hydrogens is 356 g/mol. The monoisotopic (exact) mass is 398 g/mol. The van der Waals surface area contributed by atoms with Gasteiger partial charge in [0.05, 0.1) is 0 Å². The lowest BCUT2D eigenvalue weighted by molar-refractivity contribution is -0.408. The van der Waals surface area contributed by atoms with Gasteiger partial charge in [0.15, 0.2) is 18.4 Å². The Kier molecular flexibility index (Phi) is 7.47. The Morgan fingerprint density at radius 2 is 1.68 bits per heavy atom. The molecule has 28 heavy (non-hydrogen) atoms. The highest BCUT2D eigenvalue weighted by Crippen LogP contribution is 2.55. The normalized spacial score (nSPS) is 46.1. The van der Waals surface area contributed by atoms with Crippen molar-refractivity contribution in [3.05, 3.63) is 0 Å². The number of aliphatic hydroxyl groups is 2. The summed E-state index contributed by atoms with van der Waals surface area (Å²) in [6.45, 7) is 8.94. The van der Waals surface area contributed by atoms with Crippen LogP contribution in [-0.4, -0.2) is 40.8 Å². The van der Waals surface area contributed by atoms with Gasteiger partial charge in [-0.25, -0.2) is 0 Å². The highest BCUT2D eigenvalue weighted by molar-refractivity contribution is 5.06. The first-order valence-corrected chi connectivity index (χ1v) is 11.7. The fourth-order valence-electron chi connectivity index (χ4n) is 5.81. The van der Waals surface area contributed by atoms with Crippen molar-refractivity contribution in [2.75, 3.05) is 6.61 Å². The third-order valence-electron chi connectivity index (χ3n) is 7.57. The van der Waals surface area contributed by atoms with Crippen molar-refractivity contribution in [1.82, 2.24) is 0 Å². The summed E-state index contributed by atoms with van der Waals surface area (Å²) in [5, 5.41) is 22.4. The predicted octanol–water partition coefficient (Wildman–Crippen LogP) is 4.59. The minimum Gasteiger partial charge on any atom is -0.384 e. The van der Waals surface area contributed by atoms with Crippen molar-refractivity contribution in [2.45, 2.75) is 116 Å². The SMILES string of the molecule is CCCCCCCCOC1OC2OC(C)(O)CCC3C(C)CCC(C1C)C23O. The van der Waals surface area contributed by atoms with Crippen LogP contribution in [0.15, 0.2) is 0 Å². The van der Waals surface area contributed by atoms with Gasteiger partial charge in [-0.05, 0) is 44.4 Å². The first-order valence-electron chi connectivity index (χ1n) is 11.7. The fourth-order valence-corrected chi connectivity index (χ4v) is 5.81. The summed E-state index contributed by atoms with van der Waals surface area (Å²) in [6.07, 6.45) is 9.48. The molecule has 1 saturated carbocycles. The maximum absolute atomic E-state index is 11.8. The van der Waals surface area contributed by atoms with E-state index in [1.807, 2.05) is 0 Å². The number of unbranched alkanes of at least 4 members (excludes halogenated alkanes) is 5. The minimum atomic E-state index is -1.27. The van der Waals surface area contributed by atoms with E-state index in [9.17, 15) is 10.2 Å². The van der Waals surface area contributed by atoms with Crippen LogP contribution in [0.5, 0.6) is 0 Å². The van der Waals surface area contributed by atoms with Crippen LogP contribution < -0.4 is 0 Å². The second-order valence-electron chi connectivity index (χ2n) is 9.82. The smallest absolute Gasteiger partial charge is 0.193 e. The molecule has 8 atom stereocenters. The molecule has 0 aromatic carbocycles. The van der Waals surface area contributed by atoms with Crippen LogP contribution in [0.3, 0.4) is 0 Å². The largest absolute Gasteiger partial charge is 0.384 e. The second-order valence-corrected chi connectivity index (χ2v) is 9.82. The van der Waals surface area contributed by atoms with Gasteiger partial charge in [0.25, 0.3) is 0 Å². The summed E-state index contributed by atoms with van der Waals surface area (Å²) >= 11 is 0. The van der Waals surface area contributed by atoms with Crippen LogP contribution >= 0.6 is 0 Å². The Bertz CT molecular complexity index is 495. The number of ether oxygens (including phenoxy) is 3. The first-order chi connectivity index (χ1) is 13.3. The molecule has 0 spiro atoms. The Morgan fingerprint density at radius 1 is 0.964 bits per heavy atom. The van der Waals surface area contributed by atoms with E-state index in [2.05, 4.69) is 20.8 Å². The molecule has 0 radical (unpaired) electrons. The van der Waals surface area contributed by atoms with E-state index < -0.39 is 17.7 Å². The molecule has 2 aliphatic heterocycles. The lowest BCUT2D eigenvalue weighted by Crippen LogP contribution is -2.67. The predicted molar refractivity (Wildman–Crippen MR) is 108 cm³/mol. The molecule has 0 aromatic heterocycles. The Hall–Kier alpha value is -0.200. The molecule has 3 rings (SSSR count). The second kappa shape index (κ2) is 9.30. The van der Waals surface area contributed by atoms with Crippen molar-refractivity contribution in [3.8, 4) is 0 Å². The van der Waals surface area contributed by atoms with Crippen LogP contribution in [0.2, 0.25) is 0 Å². The lowest BCUT2D eigenvalue weighted by Gasteiger charge is -2.57. The van der Waals surface area contributed by atoms with Gasteiger partial charge in [0.2, 0.25) is 0 Å². The summed E-state index contributed by atoms with van der Waals surface area (Å²) in [4.78, 5) is 0. The van der Waals surface area contributed by atoms with Crippen LogP contribution in [0.25, 0.3) is 0 Å². The van der Waals surface area contributed by atoms with E-state index in [0.29, 0.717) is 18.9 Å². The van der Waals surface area contributed by atoms with E-state index >= 15 is 0 Å². The topological polar surface area (TPSA) is 68.2 Å². The molecule has 0 bridgehead atoms.